The van der Waals surface area contributed by atoms with Crippen LogP contribution in [0, 0.1) is 0 Å². The van der Waals surface area contributed by atoms with E-state index in [1.165, 1.54) is 12.1 Å². The minimum absolute atomic E-state index is 0.0537. The number of fused-ring (bicyclic) bond motifs is 1. The molecule has 1 fully saturated rings. The molecule has 1 aromatic carbocycles. The number of aromatic nitrogens is 1. The van der Waals surface area contributed by atoms with Gasteiger partial charge in [0.05, 0.1) is 12.0 Å². The number of nitrogens with one attached hydrogen (secondary N) is 1. The Morgan fingerprint density at radius 2 is 2.19 bits per heavy atom. The van der Waals surface area contributed by atoms with Crippen LogP contribution in [0.1, 0.15) is 31.0 Å². The fraction of sp³-hybridized carbons (Fsp3) is 0.529. The first-order valence-electron chi connectivity index (χ1n) is 8.56. The Morgan fingerprint density at radius 3 is 2.85 bits per heavy atom. The topological polar surface area (TPSA) is 67.6 Å². The summed E-state index contributed by atoms with van der Waals surface area (Å²) >= 11 is 0. The van der Waals surface area contributed by atoms with Crippen LogP contribution in [0.15, 0.2) is 16.7 Å². The number of ether oxygens (including phenoxy) is 1. The number of alkyl halides is 3. The summed E-state index contributed by atoms with van der Waals surface area (Å²) in [5.74, 6) is 0.495. The molecule has 1 saturated heterocycles. The van der Waals surface area contributed by atoms with E-state index < -0.39 is 11.9 Å². The van der Waals surface area contributed by atoms with Crippen molar-refractivity contribution in [2.45, 2.75) is 32.4 Å². The first-order chi connectivity index (χ1) is 12.4. The van der Waals surface area contributed by atoms with Crippen LogP contribution >= 0.6 is 0 Å². The van der Waals surface area contributed by atoms with Gasteiger partial charge in [-0.2, -0.15) is 13.2 Å². The van der Waals surface area contributed by atoms with Crippen molar-refractivity contribution in [3.05, 3.63) is 23.4 Å². The molecule has 1 aliphatic heterocycles. The van der Waals surface area contributed by atoms with Crippen LogP contribution in [0.2, 0.25) is 0 Å². The van der Waals surface area contributed by atoms with Crippen molar-refractivity contribution in [2.75, 3.05) is 26.2 Å². The largest absolute Gasteiger partial charge is 0.493 e. The molecule has 0 atom stereocenters. The lowest BCUT2D eigenvalue weighted by Crippen LogP contribution is -2.29. The highest BCUT2D eigenvalue weighted by atomic mass is 19.4. The molecule has 0 saturated carbocycles. The van der Waals surface area contributed by atoms with Crippen LogP contribution in [0.5, 0.6) is 5.75 Å². The minimum Gasteiger partial charge on any atom is -0.493 e. The quantitative estimate of drug-likeness (QED) is 0.756. The van der Waals surface area contributed by atoms with Gasteiger partial charge in [0, 0.05) is 25.2 Å². The normalized spacial score (nSPS) is 14.9. The molecule has 0 spiro atoms. The predicted octanol–water partition coefficient (Wildman–Crippen LogP) is 3.59. The lowest BCUT2D eigenvalue weighted by Gasteiger charge is -2.15. The van der Waals surface area contributed by atoms with E-state index >= 15 is 0 Å². The van der Waals surface area contributed by atoms with Crippen LogP contribution in [-0.4, -0.2) is 42.3 Å². The molecular weight excluding hydrogens is 351 g/mol. The maximum Gasteiger partial charge on any atom is 0.437 e. The van der Waals surface area contributed by atoms with E-state index in [-0.39, 0.29) is 17.0 Å². The molecule has 0 aliphatic carbocycles. The summed E-state index contributed by atoms with van der Waals surface area (Å²) in [5.41, 5.74) is -0.307. The van der Waals surface area contributed by atoms with Gasteiger partial charge in [-0.15, -0.1) is 0 Å². The number of carbonyl (C=O) groups is 1. The molecule has 9 heteroatoms. The third-order valence-corrected chi connectivity index (χ3v) is 4.24. The summed E-state index contributed by atoms with van der Waals surface area (Å²) in [7, 11) is 0. The summed E-state index contributed by atoms with van der Waals surface area (Å²) in [6, 6.07) is 2.78. The number of rotatable bonds is 7. The second-order valence-corrected chi connectivity index (χ2v) is 6.12. The van der Waals surface area contributed by atoms with Crippen LogP contribution in [0.3, 0.4) is 0 Å². The zero-order valence-corrected chi connectivity index (χ0v) is 14.4. The van der Waals surface area contributed by atoms with Gasteiger partial charge in [-0.05, 0) is 25.0 Å². The predicted molar refractivity (Wildman–Crippen MR) is 88.1 cm³/mol. The lowest BCUT2D eigenvalue weighted by atomic mass is 10.0. The van der Waals surface area contributed by atoms with Crippen molar-refractivity contribution in [1.29, 1.82) is 0 Å². The summed E-state index contributed by atoms with van der Waals surface area (Å²) in [4.78, 5) is 13.2. The SMILES string of the molecule is CCCc1c(OCCCN2CCNC2=O)ccc2c(C(F)(F)F)noc12. The molecule has 26 heavy (non-hydrogen) atoms. The zero-order valence-electron chi connectivity index (χ0n) is 14.4. The van der Waals surface area contributed by atoms with Crippen molar-refractivity contribution in [2.24, 2.45) is 0 Å². The van der Waals surface area contributed by atoms with Gasteiger partial charge < -0.3 is 19.5 Å². The Hall–Kier alpha value is -2.45. The van der Waals surface area contributed by atoms with Gasteiger partial charge in [-0.1, -0.05) is 18.5 Å². The van der Waals surface area contributed by atoms with Gasteiger partial charge in [0.15, 0.2) is 11.3 Å². The first kappa shape index (κ1) is 18.3. The number of halogens is 3. The second-order valence-electron chi connectivity index (χ2n) is 6.12. The molecule has 2 heterocycles. The smallest absolute Gasteiger partial charge is 0.437 e. The molecule has 142 valence electrons. The molecule has 6 nitrogen and oxygen atoms in total. The molecule has 2 aromatic rings. The van der Waals surface area contributed by atoms with Crippen molar-refractivity contribution >= 4 is 17.0 Å². The van der Waals surface area contributed by atoms with Gasteiger partial charge in [0.25, 0.3) is 0 Å². The number of urea groups is 1. The summed E-state index contributed by atoms with van der Waals surface area (Å²) in [6.07, 6.45) is -2.69. The summed E-state index contributed by atoms with van der Waals surface area (Å²) in [6.45, 7) is 4.16. The van der Waals surface area contributed by atoms with Gasteiger partial charge in [-0.3, -0.25) is 0 Å². The van der Waals surface area contributed by atoms with E-state index in [2.05, 4.69) is 10.5 Å². The molecule has 1 aliphatic rings. The van der Waals surface area contributed by atoms with Crippen LogP contribution < -0.4 is 10.1 Å². The van der Waals surface area contributed by atoms with E-state index in [1.54, 1.807) is 4.90 Å². The molecular formula is C17H20F3N3O3. The monoisotopic (exact) mass is 371 g/mol. The van der Waals surface area contributed by atoms with Gasteiger partial charge in [0.2, 0.25) is 0 Å². The molecule has 0 radical (unpaired) electrons. The highest BCUT2D eigenvalue weighted by molar-refractivity contribution is 5.85. The molecule has 0 unspecified atom stereocenters. The third kappa shape index (κ3) is 3.71. The van der Waals surface area contributed by atoms with E-state index in [9.17, 15) is 18.0 Å². The average molecular weight is 371 g/mol. The minimum atomic E-state index is -4.56. The van der Waals surface area contributed by atoms with Gasteiger partial charge in [-0.25, -0.2) is 4.79 Å². The van der Waals surface area contributed by atoms with Crippen molar-refractivity contribution in [1.82, 2.24) is 15.4 Å². The highest BCUT2D eigenvalue weighted by Crippen LogP contribution is 2.38. The Labute approximate surface area is 148 Å². The maximum atomic E-state index is 13.0. The van der Waals surface area contributed by atoms with E-state index in [1.807, 2.05) is 6.92 Å². The number of nitrogens with zero attached hydrogens (tertiary/aromatic N) is 2. The van der Waals surface area contributed by atoms with Gasteiger partial charge in [0.1, 0.15) is 5.75 Å². The number of aryl methyl sites for hydroxylation is 1. The standard InChI is InChI=1S/C17H20F3N3O3/c1-2-4-11-13(25-10-3-8-23-9-7-21-16(23)24)6-5-12-14(11)26-22-15(12)17(18,19)20/h5-6H,2-4,7-10H2,1H3,(H,21,24). The van der Waals surface area contributed by atoms with E-state index in [0.29, 0.717) is 50.4 Å². The molecule has 1 N–H and O–H groups in total. The fourth-order valence-corrected chi connectivity index (χ4v) is 3.03. The average Bonchev–Trinajstić information content (AvgIpc) is 3.19. The Bertz CT molecular complexity index is 789. The summed E-state index contributed by atoms with van der Waals surface area (Å²) < 4.78 is 49.8. The number of amides is 2. The molecule has 1 aromatic heterocycles. The van der Waals surface area contributed by atoms with Crippen LogP contribution in [-0.2, 0) is 12.6 Å². The fourth-order valence-electron chi connectivity index (χ4n) is 3.03. The van der Waals surface area contributed by atoms with Gasteiger partial charge >= 0.3 is 12.2 Å². The van der Waals surface area contributed by atoms with Crippen molar-refractivity contribution < 1.29 is 27.2 Å². The Balaban J connectivity index is 1.73. The zero-order chi connectivity index (χ0) is 18.7. The molecule has 2 amide bonds. The van der Waals surface area contributed by atoms with E-state index in [0.717, 1.165) is 6.42 Å². The third-order valence-electron chi connectivity index (χ3n) is 4.24. The van der Waals surface area contributed by atoms with Crippen molar-refractivity contribution in [3.63, 3.8) is 0 Å². The lowest BCUT2D eigenvalue weighted by molar-refractivity contribution is -0.141. The number of carbonyl (C=O) groups excluding carboxylic acids is 1. The maximum absolute atomic E-state index is 13.0. The van der Waals surface area contributed by atoms with Crippen LogP contribution in [0.25, 0.3) is 11.0 Å². The summed E-state index contributed by atoms with van der Waals surface area (Å²) in [5, 5.41) is 5.87. The number of benzene rings is 1. The molecule has 0 bridgehead atoms. The van der Waals surface area contributed by atoms with E-state index in [4.69, 9.17) is 9.26 Å². The highest BCUT2D eigenvalue weighted by Gasteiger charge is 2.37. The van der Waals surface area contributed by atoms with Crippen molar-refractivity contribution in [3.8, 4) is 5.75 Å². The number of hydrogen-bond donors (Lipinski definition) is 1. The second kappa shape index (κ2) is 7.43. The molecule has 3 rings (SSSR count). The Morgan fingerprint density at radius 1 is 1.38 bits per heavy atom. The van der Waals surface area contributed by atoms with Crippen LogP contribution in [0.4, 0.5) is 18.0 Å². The number of hydrogen-bond acceptors (Lipinski definition) is 4. The Kier molecular flexibility index (Phi) is 5.24. The first-order valence-corrected chi connectivity index (χ1v) is 8.56.